The third-order valence-electron chi connectivity index (χ3n) is 12.5. The minimum absolute atomic E-state index is 0.0492. The molecule has 14 nitrogen and oxygen atoms in total. The first-order chi connectivity index (χ1) is 33.5. The van der Waals surface area contributed by atoms with Gasteiger partial charge in [-0.2, -0.15) is 26.3 Å². The van der Waals surface area contributed by atoms with E-state index in [1.54, 1.807) is 38.0 Å². The fourth-order valence-electron chi connectivity index (χ4n) is 7.84. The Balaban J connectivity index is 0.000000267. The number of hydrogen-bond acceptors (Lipinski definition) is 10. The van der Waals surface area contributed by atoms with Gasteiger partial charge in [-0.25, -0.2) is 37.5 Å². The number of likely N-dealkylation sites (N-methyl/N-ethyl adjacent to an activating group) is 2. The number of carbonyl (C=O) groups is 4. The maximum Gasteiger partial charge on any atom is 0.398 e. The van der Waals surface area contributed by atoms with E-state index < -0.39 is 106 Å². The molecule has 390 valence electrons. The van der Waals surface area contributed by atoms with E-state index in [9.17, 15) is 63.1 Å². The minimum Gasteiger partial charge on any atom is -0.366 e. The Morgan fingerprint density at radius 3 is 1.47 bits per heavy atom. The first-order valence-electron chi connectivity index (χ1n) is 21.7. The van der Waals surface area contributed by atoms with E-state index in [4.69, 9.17) is 34.7 Å². The van der Waals surface area contributed by atoms with Crippen molar-refractivity contribution in [1.82, 2.24) is 40.4 Å². The number of benzene rings is 2. The molecule has 2 aliphatic carbocycles. The van der Waals surface area contributed by atoms with E-state index in [-0.39, 0.29) is 90.0 Å². The first kappa shape index (κ1) is 56.9. The van der Waals surface area contributed by atoms with Crippen molar-refractivity contribution in [2.45, 2.75) is 75.3 Å². The number of nitrogens with two attached hydrogens (primary N) is 2. The van der Waals surface area contributed by atoms with Gasteiger partial charge in [-0.15, -0.1) is 0 Å². The lowest BCUT2D eigenvalue weighted by atomic mass is 9.84. The second-order valence-electron chi connectivity index (χ2n) is 17.8. The predicted octanol–water partition coefficient (Wildman–Crippen LogP) is 7.13. The molecule has 0 spiro atoms. The Bertz CT molecular complexity index is 2670. The summed E-state index contributed by atoms with van der Waals surface area (Å²) < 4.78 is 140. The largest absolute Gasteiger partial charge is 0.398 e. The van der Waals surface area contributed by atoms with Crippen LogP contribution in [-0.2, 0) is 22.4 Å². The van der Waals surface area contributed by atoms with Crippen LogP contribution in [0.2, 0.25) is 10.0 Å². The van der Waals surface area contributed by atoms with Gasteiger partial charge in [0.1, 0.15) is 29.1 Å². The number of aromatic nitrogens is 4. The van der Waals surface area contributed by atoms with Gasteiger partial charge >= 0.3 is 12.4 Å². The van der Waals surface area contributed by atoms with Crippen molar-refractivity contribution >= 4 is 52.4 Å². The molecular formula is C46H48Cl2F10N10O4. The SMILES string of the molecule is CN(C)[C@H](CNC(=O)/C=C(\c1ncc(Cl)cn1)C1(C(F)(F)F)CC1)Cc1cc(F)c(C(N)=O)cc1F.CN(C)[C@H](CNC(=O)C[C@@H](c1ncc(Cl)cn1)C1(C(F)(F)F)CC1)Cc1cc(F)c(C(N)=O)cc1F. The summed E-state index contributed by atoms with van der Waals surface area (Å²) in [6.45, 7) is -0.160. The lowest BCUT2D eigenvalue weighted by Crippen LogP contribution is -2.43. The highest BCUT2D eigenvalue weighted by Gasteiger charge is 2.68. The predicted molar refractivity (Wildman–Crippen MR) is 243 cm³/mol. The van der Waals surface area contributed by atoms with Crippen molar-refractivity contribution in [3.63, 3.8) is 0 Å². The lowest BCUT2D eigenvalue weighted by molar-refractivity contribution is -0.195. The number of alkyl halides is 6. The summed E-state index contributed by atoms with van der Waals surface area (Å²) in [7, 11) is 6.56. The molecule has 2 aliphatic rings. The fraction of sp³-hybridized carbons (Fsp3) is 0.435. The van der Waals surface area contributed by atoms with Gasteiger partial charge in [0.2, 0.25) is 11.8 Å². The number of nitrogens with one attached hydrogen (secondary N) is 2. The monoisotopic (exact) mass is 1060 g/mol. The molecule has 0 radical (unpaired) electrons. The lowest BCUT2D eigenvalue weighted by Gasteiger charge is -2.29. The normalized spacial score (nSPS) is 16.3. The Labute approximate surface area is 415 Å². The molecule has 4 amide bonds. The molecular weight excluding hydrogens is 1020 g/mol. The van der Waals surface area contributed by atoms with Crippen molar-refractivity contribution in [3.05, 3.63) is 122 Å². The summed E-state index contributed by atoms with van der Waals surface area (Å²) in [6, 6.07) is 2.02. The van der Waals surface area contributed by atoms with Crippen molar-refractivity contribution < 1.29 is 63.1 Å². The molecule has 0 unspecified atom stereocenters. The zero-order valence-corrected chi connectivity index (χ0v) is 40.3. The number of halogens is 12. The van der Waals surface area contributed by atoms with E-state index in [0.717, 1.165) is 30.6 Å². The Morgan fingerprint density at radius 1 is 0.667 bits per heavy atom. The Kier molecular flexibility index (Phi) is 18.1. The van der Waals surface area contributed by atoms with Crippen LogP contribution in [0.4, 0.5) is 43.9 Å². The molecule has 6 rings (SSSR count). The standard InChI is InChI=1S/C23H25ClF5N5O2.C23H23ClF5N5O2/c2*1-34(2)14(5-12-6-18(26)15(20(30)36)7-17(12)25)11-31-19(35)8-16(21-32-9-13(24)10-33-21)22(3-4-22)23(27,28)29/h6-7,9-10,14,16H,3-5,8,11H2,1-2H3,(H2,30,36)(H,31,35);6-10,14H,3-5,11H2,1-2H3,(H2,30,36)(H,31,35)/b;16-8+/t14-,16-;14-/m00/s1. The van der Waals surface area contributed by atoms with Gasteiger partial charge in [0, 0.05) is 73.9 Å². The van der Waals surface area contributed by atoms with Gasteiger partial charge in [0.25, 0.3) is 11.8 Å². The van der Waals surface area contributed by atoms with Gasteiger partial charge in [-0.1, -0.05) is 23.2 Å². The quantitative estimate of drug-likeness (QED) is 0.0553. The maximum atomic E-state index is 14.4. The molecule has 0 aliphatic heterocycles. The first-order valence-corrected chi connectivity index (χ1v) is 22.5. The average Bonchev–Trinajstić information content (AvgIpc) is 4.23. The number of nitrogens with zero attached hydrogens (tertiary/aromatic N) is 6. The van der Waals surface area contributed by atoms with Gasteiger partial charge in [-0.3, -0.25) is 19.2 Å². The Hall–Kier alpha value is -5.98. The summed E-state index contributed by atoms with van der Waals surface area (Å²) in [5.74, 6) is -9.09. The van der Waals surface area contributed by atoms with Crippen LogP contribution in [0.1, 0.15) is 81.5 Å². The van der Waals surface area contributed by atoms with Crippen molar-refractivity contribution in [2.75, 3.05) is 41.3 Å². The molecule has 0 bridgehead atoms. The molecule has 4 aromatic rings. The molecule has 72 heavy (non-hydrogen) atoms. The maximum absolute atomic E-state index is 14.4. The summed E-state index contributed by atoms with van der Waals surface area (Å²) in [5, 5.41) is 5.38. The number of primary amides is 2. The summed E-state index contributed by atoms with van der Waals surface area (Å²) in [6.07, 6.45) is -5.07. The number of carbonyl (C=O) groups excluding carboxylic acids is 4. The van der Waals surface area contributed by atoms with E-state index in [1.165, 1.54) is 12.4 Å². The third kappa shape index (κ3) is 13.7. The Morgan fingerprint density at radius 2 is 1.10 bits per heavy atom. The second kappa shape index (κ2) is 22.8. The zero-order valence-electron chi connectivity index (χ0n) is 38.8. The highest BCUT2D eigenvalue weighted by Crippen LogP contribution is 2.66. The van der Waals surface area contributed by atoms with Crippen LogP contribution in [0.15, 0.2) is 55.1 Å². The summed E-state index contributed by atoms with van der Waals surface area (Å²) in [4.78, 5) is 66.7. The molecule has 0 saturated heterocycles. The van der Waals surface area contributed by atoms with Crippen molar-refractivity contribution in [2.24, 2.45) is 22.3 Å². The molecule has 2 saturated carbocycles. The van der Waals surface area contributed by atoms with Gasteiger partial charge in [0.15, 0.2) is 5.82 Å². The van der Waals surface area contributed by atoms with Crippen LogP contribution in [0.25, 0.3) is 5.57 Å². The van der Waals surface area contributed by atoms with Gasteiger partial charge in [-0.05, 0) is 102 Å². The van der Waals surface area contributed by atoms with Crippen molar-refractivity contribution in [1.29, 1.82) is 0 Å². The minimum atomic E-state index is -4.62. The van der Waals surface area contributed by atoms with E-state index in [0.29, 0.717) is 12.1 Å². The topological polar surface area (TPSA) is 202 Å². The van der Waals surface area contributed by atoms with Crippen molar-refractivity contribution in [3.8, 4) is 0 Å². The molecule has 6 N–H and O–H groups in total. The molecule has 3 atom stereocenters. The molecule has 26 heteroatoms. The van der Waals surface area contributed by atoms with Crippen LogP contribution < -0.4 is 22.1 Å². The number of amides is 4. The summed E-state index contributed by atoms with van der Waals surface area (Å²) in [5.41, 5.74) is 4.06. The smallest absolute Gasteiger partial charge is 0.366 e. The van der Waals surface area contributed by atoms with Crippen LogP contribution in [0.3, 0.4) is 0 Å². The second-order valence-corrected chi connectivity index (χ2v) is 18.7. The summed E-state index contributed by atoms with van der Waals surface area (Å²) >= 11 is 11.5. The molecule has 2 aromatic heterocycles. The van der Waals surface area contributed by atoms with Gasteiger partial charge in [0.05, 0.1) is 32.0 Å². The number of hydrogen-bond donors (Lipinski definition) is 4. The van der Waals surface area contributed by atoms with Crippen LogP contribution >= 0.6 is 23.2 Å². The zero-order chi connectivity index (χ0) is 53.7. The van der Waals surface area contributed by atoms with E-state index >= 15 is 0 Å². The average molecular weight is 1070 g/mol. The highest BCUT2D eigenvalue weighted by atomic mass is 35.5. The fourth-order valence-corrected chi connectivity index (χ4v) is 8.03. The molecule has 2 heterocycles. The van der Waals surface area contributed by atoms with Crippen LogP contribution in [-0.4, -0.2) is 119 Å². The van der Waals surface area contributed by atoms with E-state index in [2.05, 4.69) is 30.6 Å². The molecule has 2 aromatic carbocycles. The van der Waals surface area contributed by atoms with Crippen LogP contribution in [0.5, 0.6) is 0 Å². The van der Waals surface area contributed by atoms with E-state index in [1.807, 2.05) is 0 Å². The highest BCUT2D eigenvalue weighted by molar-refractivity contribution is 6.30. The van der Waals surface area contributed by atoms with Crippen LogP contribution in [0, 0.1) is 34.1 Å². The third-order valence-corrected chi connectivity index (χ3v) is 12.9. The number of allylic oxidation sites excluding steroid dienone is 1. The molecule has 2 fully saturated rings. The van der Waals surface area contributed by atoms with Gasteiger partial charge < -0.3 is 31.9 Å². The number of rotatable bonds is 19.